The van der Waals surface area contributed by atoms with Gasteiger partial charge in [-0.3, -0.25) is 24.0 Å². The maximum absolute atomic E-state index is 13.8. The number of aliphatic hydroxyl groups is 1. The van der Waals surface area contributed by atoms with Crippen LogP contribution in [0.1, 0.15) is 62.4 Å². The Morgan fingerprint density at radius 3 is 2.40 bits per heavy atom. The van der Waals surface area contributed by atoms with Crippen LogP contribution in [0.4, 0.5) is 0 Å². The zero-order valence-electron chi connectivity index (χ0n) is 29.4. The molecule has 2 aromatic carbocycles. The number of aromatic nitrogens is 1. The molecule has 1 aromatic heterocycles. The molecule has 5 amide bonds. The summed E-state index contributed by atoms with van der Waals surface area (Å²) in [6.45, 7) is 6.43. The fraction of sp³-hybridized carbons (Fsp3) is 0.486. The van der Waals surface area contributed by atoms with E-state index in [-0.39, 0.29) is 37.3 Å². The van der Waals surface area contributed by atoms with Gasteiger partial charge < -0.3 is 40.6 Å². The molecule has 0 unspecified atom stereocenters. The molecule has 13 nitrogen and oxygen atoms in total. The van der Waals surface area contributed by atoms with Gasteiger partial charge in [-0.1, -0.05) is 44.2 Å². The van der Waals surface area contributed by atoms with Gasteiger partial charge in [-0.05, 0) is 62.3 Å². The van der Waals surface area contributed by atoms with Crippen molar-refractivity contribution in [2.75, 3.05) is 32.8 Å². The van der Waals surface area contributed by atoms with Crippen LogP contribution in [-0.2, 0) is 32.6 Å². The second-order valence-electron chi connectivity index (χ2n) is 13.3. The Morgan fingerprint density at radius 1 is 0.900 bits per heavy atom. The number of aliphatic hydroxyl groups excluding tert-OH is 1. The largest absolute Gasteiger partial charge is 0.484 e. The molecule has 2 heterocycles. The average Bonchev–Trinajstić information content (AvgIpc) is 3.41. The zero-order chi connectivity index (χ0) is 36.2. The molecular weight excluding hydrogens is 640 g/mol. The van der Waals surface area contributed by atoms with Crippen LogP contribution in [0.15, 0.2) is 54.7 Å². The third-order valence-corrected chi connectivity index (χ3v) is 8.55. The number of fused-ring (bicyclic) bond motifs is 3. The molecule has 1 aliphatic heterocycles. The second kappa shape index (κ2) is 18.2. The molecule has 270 valence electrons. The molecule has 0 saturated carbocycles. The van der Waals surface area contributed by atoms with Crippen LogP contribution >= 0.6 is 0 Å². The lowest BCUT2D eigenvalue weighted by molar-refractivity contribution is -0.134. The second-order valence-corrected chi connectivity index (χ2v) is 13.3. The van der Waals surface area contributed by atoms with Crippen LogP contribution in [0, 0.1) is 5.92 Å². The summed E-state index contributed by atoms with van der Waals surface area (Å²) >= 11 is 0. The maximum atomic E-state index is 13.8. The number of rotatable bonds is 4. The van der Waals surface area contributed by atoms with Gasteiger partial charge in [-0.2, -0.15) is 0 Å². The SMILES string of the molecule is CC(C)C[C@H]1NC(=O)Cc2cccc(c2)OCC(=O)NCCCN(C(=O)c2cn(C)c3ccccc23)CCCCNC(=O)[C@H]([C@@H](C)O)NC1=O. The first-order valence-electron chi connectivity index (χ1n) is 17.3. The van der Waals surface area contributed by atoms with Gasteiger partial charge in [0, 0.05) is 50.3 Å². The van der Waals surface area contributed by atoms with Crippen LogP contribution in [0.25, 0.3) is 10.9 Å². The number of aryl methyl sites for hydroxylation is 1. The number of nitrogens with one attached hydrogen (secondary N) is 4. The Hall–Kier alpha value is -4.91. The molecule has 1 aliphatic rings. The monoisotopic (exact) mass is 690 g/mol. The quantitative estimate of drug-likeness (QED) is 0.279. The summed E-state index contributed by atoms with van der Waals surface area (Å²) in [5, 5.41) is 22.3. The molecule has 0 spiro atoms. The molecule has 13 heteroatoms. The van der Waals surface area contributed by atoms with Gasteiger partial charge in [0.1, 0.15) is 17.8 Å². The van der Waals surface area contributed by atoms with E-state index in [1.54, 1.807) is 29.2 Å². The Morgan fingerprint density at radius 2 is 1.64 bits per heavy atom. The first-order chi connectivity index (χ1) is 23.9. The van der Waals surface area contributed by atoms with Gasteiger partial charge in [0.2, 0.25) is 17.7 Å². The highest BCUT2D eigenvalue weighted by Gasteiger charge is 2.30. The molecule has 3 atom stereocenters. The Kier molecular flexibility index (Phi) is 13.8. The van der Waals surface area contributed by atoms with E-state index in [0.717, 1.165) is 10.9 Å². The van der Waals surface area contributed by atoms with Gasteiger partial charge >= 0.3 is 0 Å². The lowest BCUT2D eigenvalue weighted by Gasteiger charge is -2.26. The standard InChI is InChI=1S/C37H50N6O7/c1-24(2)19-30-35(47)41-34(25(3)44)36(48)39-15-7-8-17-43(37(49)29-22-42(4)31-14-6-5-13-28(29)31)18-10-16-38-33(46)23-50-27-12-9-11-26(20-27)21-32(45)40-30/h5-6,9,11-14,20,22,24-25,30,34,44H,7-8,10,15-19,21,23H2,1-4H3,(H,38,46)(H,39,48)(H,40,45)(H,41,47)/t25-,30-,34+/m1/s1. The number of carbonyl (C=O) groups is 5. The van der Waals surface area contributed by atoms with Crippen molar-refractivity contribution in [1.82, 2.24) is 30.7 Å². The van der Waals surface area contributed by atoms with E-state index in [2.05, 4.69) is 21.3 Å². The summed E-state index contributed by atoms with van der Waals surface area (Å²) in [4.78, 5) is 67.7. The van der Waals surface area contributed by atoms with Crippen molar-refractivity contribution in [2.45, 2.75) is 71.1 Å². The molecule has 0 saturated heterocycles. The number of ether oxygens (including phenoxy) is 1. The highest BCUT2D eigenvalue weighted by Crippen LogP contribution is 2.22. The lowest BCUT2D eigenvalue weighted by atomic mass is 10.0. The summed E-state index contributed by atoms with van der Waals surface area (Å²) in [6.07, 6.45) is 2.53. The fourth-order valence-electron chi connectivity index (χ4n) is 5.98. The number of carbonyl (C=O) groups excluding carboxylic acids is 5. The van der Waals surface area contributed by atoms with E-state index in [9.17, 15) is 29.1 Å². The van der Waals surface area contributed by atoms with Gasteiger partial charge in [0.25, 0.3) is 11.8 Å². The summed E-state index contributed by atoms with van der Waals surface area (Å²) in [5.41, 5.74) is 2.16. The van der Waals surface area contributed by atoms with Crippen molar-refractivity contribution in [3.63, 3.8) is 0 Å². The molecule has 0 radical (unpaired) electrons. The predicted octanol–water partition coefficient (Wildman–Crippen LogP) is 2.05. The molecule has 3 aromatic rings. The highest BCUT2D eigenvalue weighted by molar-refractivity contribution is 6.07. The number of benzene rings is 2. The van der Waals surface area contributed by atoms with Crippen LogP contribution < -0.4 is 26.0 Å². The first-order valence-corrected chi connectivity index (χ1v) is 17.3. The van der Waals surface area contributed by atoms with E-state index in [4.69, 9.17) is 4.74 Å². The van der Waals surface area contributed by atoms with Crippen molar-refractivity contribution < 1.29 is 33.8 Å². The van der Waals surface area contributed by atoms with Gasteiger partial charge in [-0.15, -0.1) is 0 Å². The molecule has 5 N–H and O–H groups in total. The minimum Gasteiger partial charge on any atom is -0.484 e. The topological polar surface area (TPSA) is 171 Å². The van der Waals surface area contributed by atoms with E-state index in [0.29, 0.717) is 62.2 Å². The summed E-state index contributed by atoms with van der Waals surface area (Å²) in [7, 11) is 1.90. The maximum Gasteiger partial charge on any atom is 0.257 e. The molecule has 4 rings (SSSR count). The highest BCUT2D eigenvalue weighted by atomic mass is 16.5. The van der Waals surface area contributed by atoms with Crippen molar-refractivity contribution >= 4 is 40.4 Å². The smallest absolute Gasteiger partial charge is 0.257 e. The van der Waals surface area contributed by atoms with Gasteiger partial charge in [0.15, 0.2) is 6.61 Å². The average molecular weight is 691 g/mol. The summed E-state index contributed by atoms with van der Waals surface area (Å²) in [5.74, 6) is -1.51. The number of para-hydroxylation sites is 1. The predicted molar refractivity (Wildman–Crippen MR) is 189 cm³/mol. The number of amides is 5. The molecule has 2 bridgehead atoms. The van der Waals surface area contributed by atoms with Crippen LogP contribution in [-0.4, -0.2) is 95.1 Å². The fourth-order valence-corrected chi connectivity index (χ4v) is 5.98. The van der Waals surface area contributed by atoms with E-state index in [1.165, 1.54) is 6.92 Å². The van der Waals surface area contributed by atoms with E-state index >= 15 is 0 Å². The molecular formula is C37H50N6O7. The molecule has 50 heavy (non-hydrogen) atoms. The normalized spacial score (nSPS) is 20.2. The first kappa shape index (κ1) is 37.9. The Labute approximate surface area is 293 Å². The Balaban J connectivity index is 1.51. The van der Waals surface area contributed by atoms with Crippen molar-refractivity contribution in [3.8, 4) is 5.75 Å². The molecule has 0 fully saturated rings. The number of nitrogens with zero attached hydrogens (tertiary/aromatic N) is 2. The number of hydrogen-bond acceptors (Lipinski definition) is 7. The molecule has 0 aliphatic carbocycles. The van der Waals surface area contributed by atoms with Crippen LogP contribution in [0.2, 0.25) is 0 Å². The minimum atomic E-state index is -1.23. The summed E-state index contributed by atoms with van der Waals surface area (Å²) < 4.78 is 7.61. The van der Waals surface area contributed by atoms with Crippen molar-refractivity contribution in [1.29, 1.82) is 0 Å². The minimum absolute atomic E-state index is 0.0421. The lowest BCUT2D eigenvalue weighted by Crippen LogP contribution is -2.57. The van der Waals surface area contributed by atoms with E-state index in [1.807, 2.05) is 55.9 Å². The van der Waals surface area contributed by atoms with Gasteiger partial charge in [-0.25, -0.2) is 0 Å². The van der Waals surface area contributed by atoms with Gasteiger partial charge in [0.05, 0.1) is 18.1 Å². The van der Waals surface area contributed by atoms with Crippen LogP contribution in [0.5, 0.6) is 5.75 Å². The van der Waals surface area contributed by atoms with E-state index < -0.39 is 35.9 Å². The Bertz CT molecular complexity index is 1650. The van der Waals surface area contributed by atoms with Crippen LogP contribution in [0.3, 0.4) is 0 Å². The van der Waals surface area contributed by atoms with Crippen molar-refractivity contribution in [2.24, 2.45) is 13.0 Å². The number of hydrogen-bond donors (Lipinski definition) is 5. The third-order valence-electron chi connectivity index (χ3n) is 8.55. The van der Waals surface area contributed by atoms with Crippen molar-refractivity contribution in [3.05, 3.63) is 65.9 Å². The zero-order valence-corrected chi connectivity index (χ0v) is 29.4. The summed E-state index contributed by atoms with van der Waals surface area (Å²) in [6, 6.07) is 12.3. The third kappa shape index (κ3) is 10.8.